The minimum absolute atomic E-state index is 0.159. The molecule has 1 heterocycles. The Morgan fingerprint density at radius 3 is 3.08 bits per heavy atom. The van der Waals surface area contributed by atoms with Gasteiger partial charge in [-0.2, -0.15) is 11.8 Å². The number of nitrogens with zero attached hydrogens (tertiary/aromatic N) is 1. The smallest absolute Gasteiger partial charge is 0.354 e. The van der Waals surface area contributed by atoms with Crippen LogP contribution in [-0.2, 0) is 5.75 Å². The Balaban J connectivity index is 3.00. The van der Waals surface area contributed by atoms with Gasteiger partial charge in [0.25, 0.3) is 0 Å². The van der Waals surface area contributed by atoms with E-state index < -0.39 is 5.97 Å². The highest BCUT2D eigenvalue weighted by Crippen LogP contribution is 2.11. The van der Waals surface area contributed by atoms with E-state index in [1.807, 2.05) is 6.26 Å². The normalized spacial score (nSPS) is 9.75. The van der Waals surface area contributed by atoms with E-state index in [1.54, 1.807) is 23.9 Å². The van der Waals surface area contributed by atoms with Crippen LogP contribution in [0.4, 0.5) is 0 Å². The molecular formula is C8H9NO2S. The van der Waals surface area contributed by atoms with Gasteiger partial charge in [-0.3, -0.25) is 0 Å². The highest BCUT2D eigenvalue weighted by Gasteiger charge is 2.09. The van der Waals surface area contributed by atoms with Gasteiger partial charge in [0, 0.05) is 11.9 Å². The molecule has 0 atom stereocenters. The van der Waals surface area contributed by atoms with Crippen LogP contribution >= 0.6 is 11.8 Å². The average Bonchev–Trinajstić information content (AvgIpc) is 2.05. The van der Waals surface area contributed by atoms with E-state index in [4.69, 9.17) is 5.11 Å². The number of aromatic carboxylic acids is 1. The Bertz CT molecular complexity index is 288. The second kappa shape index (κ2) is 4.11. The van der Waals surface area contributed by atoms with Crippen molar-refractivity contribution in [1.82, 2.24) is 4.98 Å². The Morgan fingerprint density at radius 2 is 2.50 bits per heavy atom. The van der Waals surface area contributed by atoms with Crippen LogP contribution in [0.2, 0.25) is 0 Å². The quantitative estimate of drug-likeness (QED) is 0.774. The van der Waals surface area contributed by atoms with E-state index in [1.165, 1.54) is 6.20 Å². The predicted molar refractivity (Wildman–Crippen MR) is 48.4 cm³/mol. The molecule has 0 saturated carbocycles. The van der Waals surface area contributed by atoms with Crippen LogP contribution in [0, 0.1) is 0 Å². The number of carboxylic acids is 1. The summed E-state index contributed by atoms with van der Waals surface area (Å²) < 4.78 is 0. The molecule has 0 bridgehead atoms. The van der Waals surface area contributed by atoms with Crippen molar-refractivity contribution in [1.29, 1.82) is 0 Å². The van der Waals surface area contributed by atoms with Gasteiger partial charge in [-0.1, -0.05) is 6.07 Å². The molecule has 1 N–H and O–H groups in total. The second-order valence-electron chi connectivity index (χ2n) is 2.25. The third-order valence-electron chi connectivity index (χ3n) is 1.39. The van der Waals surface area contributed by atoms with Gasteiger partial charge in [0.15, 0.2) is 5.69 Å². The zero-order chi connectivity index (χ0) is 8.97. The highest BCUT2D eigenvalue weighted by molar-refractivity contribution is 7.97. The van der Waals surface area contributed by atoms with Crippen LogP contribution in [0.15, 0.2) is 18.3 Å². The maximum absolute atomic E-state index is 10.6. The summed E-state index contributed by atoms with van der Waals surface area (Å²) in [6.45, 7) is 0. The number of hydrogen-bond acceptors (Lipinski definition) is 3. The monoisotopic (exact) mass is 183 g/mol. The molecule has 1 rings (SSSR count). The van der Waals surface area contributed by atoms with Crippen molar-refractivity contribution in [2.24, 2.45) is 0 Å². The van der Waals surface area contributed by atoms with Crippen LogP contribution in [0.5, 0.6) is 0 Å². The molecule has 0 aliphatic rings. The van der Waals surface area contributed by atoms with E-state index >= 15 is 0 Å². The van der Waals surface area contributed by atoms with Gasteiger partial charge in [0.05, 0.1) is 0 Å². The molecule has 0 radical (unpaired) electrons. The van der Waals surface area contributed by atoms with Gasteiger partial charge in [0.1, 0.15) is 0 Å². The summed E-state index contributed by atoms with van der Waals surface area (Å²) in [4.78, 5) is 14.4. The van der Waals surface area contributed by atoms with Crippen LogP contribution in [0.1, 0.15) is 16.1 Å². The van der Waals surface area contributed by atoms with Crippen molar-refractivity contribution >= 4 is 17.7 Å². The number of rotatable bonds is 3. The SMILES string of the molecule is CSCc1cccnc1C(=O)O. The minimum atomic E-state index is -0.959. The topological polar surface area (TPSA) is 50.2 Å². The van der Waals surface area contributed by atoms with Crippen molar-refractivity contribution in [3.8, 4) is 0 Å². The lowest BCUT2D eigenvalue weighted by Crippen LogP contribution is -2.04. The van der Waals surface area contributed by atoms with Gasteiger partial charge in [-0.15, -0.1) is 0 Å². The number of thioether (sulfide) groups is 1. The first kappa shape index (κ1) is 9.06. The highest BCUT2D eigenvalue weighted by atomic mass is 32.2. The van der Waals surface area contributed by atoms with E-state index in [0.717, 1.165) is 5.56 Å². The van der Waals surface area contributed by atoms with Crippen molar-refractivity contribution in [2.45, 2.75) is 5.75 Å². The summed E-state index contributed by atoms with van der Waals surface area (Å²) >= 11 is 1.58. The number of hydrogen-bond donors (Lipinski definition) is 1. The first-order chi connectivity index (χ1) is 5.75. The number of aromatic nitrogens is 1. The Labute approximate surface area is 74.8 Å². The Morgan fingerprint density at radius 1 is 1.75 bits per heavy atom. The van der Waals surface area contributed by atoms with Crippen LogP contribution < -0.4 is 0 Å². The predicted octanol–water partition coefficient (Wildman–Crippen LogP) is 1.64. The molecule has 0 aromatic carbocycles. The van der Waals surface area contributed by atoms with Crippen LogP contribution in [0.3, 0.4) is 0 Å². The van der Waals surface area contributed by atoms with E-state index in [9.17, 15) is 4.79 Å². The zero-order valence-corrected chi connectivity index (χ0v) is 7.47. The fourth-order valence-corrected chi connectivity index (χ4v) is 1.45. The van der Waals surface area contributed by atoms with E-state index in [2.05, 4.69) is 4.98 Å². The van der Waals surface area contributed by atoms with E-state index in [0.29, 0.717) is 5.75 Å². The van der Waals surface area contributed by atoms with Crippen LogP contribution in [0.25, 0.3) is 0 Å². The van der Waals surface area contributed by atoms with Crippen molar-refractivity contribution in [3.63, 3.8) is 0 Å². The van der Waals surface area contributed by atoms with Crippen molar-refractivity contribution in [2.75, 3.05) is 6.26 Å². The summed E-state index contributed by atoms with van der Waals surface area (Å²) in [6, 6.07) is 3.53. The first-order valence-electron chi connectivity index (χ1n) is 3.42. The molecule has 0 amide bonds. The molecule has 1 aromatic heterocycles. The number of pyridine rings is 1. The Hall–Kier alpha value is -1.03. The van der Waals surface area contributed by atoms with Gasteiger partial charge in [-0.05, 0) is 17.9 Å². The fraction of sp³-hybridized carbons (Fsp3) is 0.250. The Kier molecular flexibility index (Phi) is 3.10. The molecule has 64 valence electrons. The number of carboxylic acid groups (broad SMARTS) is 1. The molecule has 0 aliphatic carbocycles. The zero-order valence-electron chi connectivity index (χ0n) is 6.65. The van der Waals surface area contributed by atoms with Crippen molar-refractivity contribution in [3.05, 3.63) is 29.6 Å². The minimum Gasteiger partial charge on any atom is -0.477 e. The molecule has 4 heteroatoms. The van der Waals surface area contributed by atoms with Gasteiger partial charge < -0.3 is 5.11 Å². The second-order valence-corrected chi connectivity index (χ2v) is 3.12. The van der Waals surface area contributed by atoms with Crippen LogP contribution in [-0.4, -0.2) is 22.3 Å². The molecule has 0 saturated heterocycles. The molecular weight excluding hydrogens is 174 g/mol. The van der Waals surface area contributed by atoms with Gasteiger partial charge in [-0.25, -0.2) is 9.78 Å². The lowest BCUT2D eigenvalue weighted by molar-refractivity contribution is 0.0689. The number of carbonyl (C=O) groups is 1. The van der Waals surface area contributed by atoms with Crippen molar-refractivity contribution < 1.29 is 9.90 Å². The lowest BCUT2D eigenvalue weighted by atomic mass is 10.2. The average molecular weight is 183 g/mol. The van der Waals surface area contributed by atoms with Gasteiger partial charge >= 0.3 is 5.97 Å². The van der Waals surface area contributed by atoms with E-state index in [-0.39, 0.29) is 5.69 Å². The molecule has 12 heavy (non-hydrogen) atoms. The molecule has 0 fully saturated rings. The largest absolute Gasteiger partial charge is 0.477 e. The standard InChI is InChI=1S/C8H9NO2S/c1-12-5-6-3-2-4-9-7(6)8(10)11/h2-4H,5H2,1H3,(H,10,11). The fourth-order valence-electron chi connectivity index (χ4n) is 0.903. The molecule has 0 spiro atoms. The summed E-state index contributed by atoms with van der Waals surface area (Å²) in [5.74, 6) is -0.269. The summed E-state index contributed by atoms with van der Waals surface area (Å²) in [5, 5.41) is 8.72. The maximum atomic E-state index is 10.6. The summed E-state index contributed by atoms with van der Waals surface area (Å²) in [6.07, 6.45) is 3.42. The summed E-state index contributed by atoms with van der Waals surface area (Å²) in [5.41, 5.74) is 0.935. The molecule has 1 aromatic rings. The third kappa shape index (κ3) is 1.98. The molecule has 3 nitrogen and oxygen atoms in total. The molecule has 0 unspecified atom stereocenters. The maximum Gasteiger partial charge on any atom is 0.354 e. The summed E-state index contributed by atoms with van der Waals surface area (Å²) in [7, 11) is 0. The third-order valence-corrected chi connectivity index (χ3v) is 1.99. The van der Waals surface area contributed by atoms with Gasteiger partial charge in [0.2, 0.25) is 0 Å². The molecule has 0 aliphatic heterocycles. The lowest BCUT2D eigenvalue weighted by Gasteiger charge is -2.01. The first-order valence-corrected chi connectivity index (χ1v) is 4.81.